The van der Waals surface area contributed by atoms with Crippen LogP contribution < -0.4 is 15.5 Å². The van der Waals surface area contributed by atoms with Crippen LogP contribution >= 0.6 is 22.9 Å². The van der Waals surface area contributed by atoms with E-state index in [1.807, 2.05) is 0 Å². The number of rotatable bonds is 11. The van der Waals surface area contributed by atoms with Gasteiger partial charge in [0.2, 0.25) is 5.91 Å². The van der Waals surface area contributed by atoms with Gasteiger partial charge in [0.15, 0.2) is 0 Å². The first-order chi connectivity index (χ1) is 18.4. The van der Waals surface area contributed by atoms with Crippen LogP contribution in [-0.4, -0.2) is 68.1 Å². The smallest absolute Gasteiger partial charge is 0.261 e. The molecule has 3 amide bonds. The number of nitrogens with one attached hydrogen (secondary N) is 2. The summed E-state index contributed by atoms with van der Waals surface area (Å²) in [6.07, 6.45) is 5.77. The lowest BCUT2D eigenvalue weighted by molar-refractivity contribution is -0.125. The molecule has 0 spiro atoms. The van der Waals surface area contributed by atoms with E-state index in [0.717, 1.165) is 38.8 Å². The third kappa shape index (κ3) is 6.72. The van der Waals surface area contributed by atoms with E-state index in [9.17, 15) is 14.4 Å². The molecule has 0 bridgehead atoms. The highest BCUT2D eigenvalue weighted by molar-refractivity contribution is 7.18. The van der Waals surface area contributed by atoms with Crippen LogP contribution in [0.3, 0.4) is 0 Å². The number of nitrogens with zero attached hydrogens (tertiary/aromatic N) is 2. The standard InChI is InChI=1S/C27H32ClFN4O4S/c28-24-9-8-23(38-24)27(36)30-13-22(32(15-18-4-5-18)14-17-2-1-3-17)26(35)31-19-6-7-21(20(29)12-19)33-10-11-37-16-25(33)34/h6-9,12,17-18,22H,1-5,10-11,13-16H2,(H,30,36)(H,31,35)/t22-/m1/s1. The topological polar surface area (TPSA) is 91.0 Å². The molecule has 2 saturated carbocycles. The Morgan fingerprint density at radius 2 is 1.92 bits per heavy atom. The van der Waals surface area contributed by atoms with Crippen LogP contribution in [0, 0.1) is 17.7 Å². The van der Waals surface area contributed by atoms with Crippen LogP contribution in [0.15, 0.2) is 30.3 Å². The molecule has 2 heterocycles. The predicted octanol–water partition coefficient (Wildman–Crippen LogP) is 4.15. The number of hydrogen-bond donors (Lipinski definition) is 2. The molecule has 8 nitrogen and oxygen atoms in total. The molecule has 3 fully saturated rings. The van der Waals surface area contributed by atoms with Crippen LogP contribution in [-0.2, 0) is 14.3 Å². The summed E-state index contributed by atoms with van der Waals surface area (Å²) in [6.45, 7) is 2.25. The normalized spacial score (nSPS) is 18.8. The summed E-state index contributed by atoms with van der Waals surface area (Å²) in [7, 11) is 0. The minimum Gasteiger partial charge on any atom is -0.370 e. The Morgan fingerprint density at radius 3 is 2.53 bits per heavy atom. The van der Waals surface area contributed by atoms with Crippen molar-refractivity contribution < 1.29 is 23.5 Å². The van der Waals surface area contributed by atoms with Crippen LogP contribution in [0.4, 0.5) is 15.8 Å². The van der Waals surface area contributed by atoms with Crippen LogP contribution in [0.1, 0.15) is 41.8 Å². The number of benzene rings is 1. The molecular weight excluding hydrogens is 531 g/mol. The minimum absolute atomic E-state index is 0.0825. The molecular formula is C27H32ClFN4O4S. The second kappa shape index (κ2) is 12.1. The first-order valence-electron chi connectivity index (χ1n) is 13.1. The summed E-state index contributed by atoms with van der Waals surface area (Å²) < 4.78 is 20.7. The van der Waals surface area contributed by atoms with Gasteiger partial charge in [-0.15, -0.1) is 11.3 Å². The number of thiophene rings is 1. The zero-order valence-electron chi connectivity index (χ0n) is 21.1. The average molecular weight is 563 g/mol. The van der Waals surface area contributed by atoms with Gasteiger partial charge in [0.05, 0.1) is 21.5 Å². The van der Waals surface area contributed by atoms with E-state index < -0.39 is 11.9 Å². The third-order valence-electron chi connectivity index (χ3n) is 7.40. The molecule has 5 rings (SSSR count). The molecule has 2 aliphatic carbocycles. The second-order valence-corrected chi connectivity index (χ2v) is 12.0. The Morgan fingerprint density at radius 1 is 1.16 bits per heavy atom. The van der Waals surface area contributed by atoms with Crippen molar-refractivity contribution in [2.24, 2.45) is 11.8 Å². The van der Waals surface area contributed by atoms with Crippen molar-refractivity contribution in [1.29, 1.82) is 0 Å². The van der Waals surface area contributed by atoms with Gasteiger partial charge in [-0.25, -0.2) is 4.39 Å². The van der Waals surface area contributed by atoms with Gasteiger partial charge in [-0.1, -0.05) is 18.0 Å². The molecule has 1 aliphatic heterocycles. The van der Waals surface area contributed by atoms with Gasteiger partial charge in [-0.3, -0.25) is 19.3 Å². The van der Waals surface area contributed by atoms with E-state index in [2.05, 4.69) is 15.5 Å². The van der Waals surface area contributed by atoms with Crippen LogP contribution in [0.2, 0.25) is 4.34 Å². The number of hydrogen-bond acceptors (Lipinski definition) is 6. The number of anilines is 2. The maximum Gasteiger partial charge on any atom is 0.261 e. The van der Waals surface area contributed by atoms with E-state index in [1.165, 1.54) is 34.8 Å². The minimum atomic E-state index is -0.612. The summed E-state index contributed by atoms with van der Waals surface area (Å²) in [5.74, 6) is -0.383. The van der Waals surface area contributed by atoms with Gasteiger partial charge >= 0.3 is 0 Å². The molecule has 1 aromatic carbocycles. The van der Waals surface area contributed by atoms with Gasteiger partial charge < -0.3 is 20.3 Å². The summed E-state index contributed by atoms with van der Waals surface area (Å²) >= 11 is 7.18. The summed E-state index contributed by atoms with van der Waals surface area (Å²) in [5, 5.41) is 5.77. The molecule has 38 heavy (non-hydrogen) atoms. The lowest BCUT2D eigenvalue weighted by Crippen LogP contribution is -2.53. The maximum atomic E-state index is 15.0. The highest BCUT2D eigenvalue weighted by Crippen LogP contribution is 2.33. The Kier molecular flexibility index (Phi) is 8.62. The van der Waals surface area contributed by atoms with Crippen molar-refractivity contribution in [3.63, 3.8) is 0 Å². The Bertz CT molecular complexity index is 1190. The van der Waals surface area contributed by atoms with Gasteiger partial charge in [0.25, 0.3) is 11.8 Å². The number of amides is 3. The maximum absolute atomic E-state index is 15.0. The largest absolute Gasteiger partial charge is 0.370 e. The molecule has 11 heteroatoms. The second-order valence-electron chi connectivity index (χ2n) is 10.3. The van der Waals surface area contributed by atoms with Crippen LogP contribution in [0.5, 0.6) is 0 Å². The van der Waals surface area contributed by atoms with Crippen molar-refractivity contribution in [3.05, 3.63) is 45.4 Å². The predicted molar refractivity (Wildman–Crippen MR) is 145 cm³/mol. The zero-order valence-corrected chi connectivity index (χ0v) is 22.7. The molecule has 204 valence electrons. The fraction of sp³-hybridized carbons (Fsp3) is 0.519. The third-order valence-corrected chi connectivity index (χ3v) is 8.63. The molecule has 2 N–H and O–H groups in total. The molecule has 2 aromatic rings. The molecule has 3 aliphatic rings. The lowest BCUT2D eigenvalue weighted by atomic mass is 9.84. The lowest BCUT2D eigenvalue weighted by Gasteiger charge is -2.37. The van der Waals surface area contributed by atoms with Crippen molar-refractivity contribution in [3.8, 4) is 0 Å². The number of morpholine rings is 1. The highest BCUT2D eigenvalue weighted by Gasteiger charge is 2.35. The van der Waals surface area contributed by atoms with E-state index >= 15 is 4.39 Å². The van der Waals surface area contributed by atoms with Gasteiger partial charge in [0.1, 0.15) is 18.5 Å². The summed E-state index contributed by atoms with van der Waals surface area (Å²) in [5.41, 5.74) is 0.461. The number of ether oxygens (including phenoxy) is 1. The number of carbonyl (C=O) groups excluding carboxylic acids is 3. The highest BCUT2D eigenvalue weighted by atomic mass is 35.5. The average Bonchev–Trinajstić information content (AvgIpc) is 3.58. The Hall–Kier alpha value is -2.53. The van der Waals surface area contributed by atoms with Gasteiger partial charge in [-0.2, -0.15) is 0 Å². The van der Waals surface area contributed by atoms with Crippen molar-refractivity contribution in [2.45, 2.75) is 38.1 Å². The van der Waals surface area contributed by atoms with Crippen LogP contribution in [0.25, 0.3) is 0 Å². The zero-order chi connectivity index (χ0) is 26.6. The van der Waals surface area contributed by atoms with Crippen molar-refractivity contribution in [2.75, 3.05) is 49.6 Å². The number of carbonyl (C=O) groups is 3. The fourth-order valence-corrected chi connectivity index (χ4v) is 5.83. The van der Waals surface area contributed by atoms with Gasteiger partial charge in [-0.05, 0) is 67.9 Å². The van der Waals surface area contributed by atoms with Gasteiger partial charge in [0, 0.05) is 31.9 Å². The van der Waals surface area contributed by atoms with E-state index in [4.69, 9.17) is 16.3 Å². The number of halogens is 2. The van der Waals surface area contributed by atoms with E-state index in [1.54, 1.807) is 18.2 Å². The Balaban J connectivity index is 1.31. The molecule has 0 radical (unpaired) electrons. The monoisotopic (exact) mass is 562 g/mol. The summed E-state index contributed by atoms with van der Waals surface area (Å²) in [4.78, 5) is 42.5. The van der Waals surface area contributed by atoms with E-state index in [-0.39, 0.29) is 43.1 Å². The first kappa shape index (κ1) is 27.1. The quantitative estimate of drug-likeness (QED) is 0.429. The van der Waals surface area contributed by atoms with E-state index in [0.29, 0.717) is 33.3 Å². The molecule has 1 aromatic heterocycles. The first-order valence-corrected chi connectivity index (χ1v) is 14.3. The van der Waals surface area contributed by atoms with Crippen molar-refractivity contribution >= 4 is 52.0 Å². The molecule has 1 atom stereocenters. The Labute approximate surface area is 230 Å². The molecule has 0 unspecified atom stereocenters. The van der Waals surface area contributed by atoms with Crippen molar-refractivity contribution in [1.82, 2.24) is 10.2 Å². The fourth-order valence-electron chi connectivity index (χ4n) is 4.87. The SMILES string of the molecule is O=C(NC[C@H](C(=O)Nc1ccc(N2CCOCC2=O)c(F)c1)N(CC1CCC1)CC1CC1)c1ccc(Cl)s1. The summed E-state index contributed by atoms with van der Waals surface area (Å²) in [6, 6.07) is 7.05. The molecule has 1 saturated heterocycles.